The lowest BCUT2D eigenvalue weighted by Crippen LogP contribution is -2.01. The molecule has 0 saturated heterocycles. The minimum atomic E-state index is 0.162. The van der Waals surface area contributed by atoms with E-state index in [1.807, 2.05) is 29.9 Å². The highest BCUT2D eigenvalue weighted by Crippen LogP contribution is 1.96. The van der Waals surface area contributed by atoms with E-state index >= 15 is 0 Å². The van der Waals surface area contributed by atoms with Crippen LogP contribution in [-0.4, -0.2) is 31.1 Å². The van der Waals surface area contributed by atoms with Crippen molar-refractivity contribution in [3.05, 3.63) is 24.0 Å². The molecule has 72 valence electrons. The molecular formula is C7H9N7. The molecule has 0 bridgehead atoms. The maximum absolute atomic E-state index is 5.42. The number of nitrogen functional groups attached to an aromatic ring is 1. The first kappa shape index (κ1) is 8.42. The summed E-state index contributed by atoms with van der Waals surface area (Å²) in [6, 6.07) is 3.84. The first-order valence-corrected chi connectivity index (χ1v) is 3.97. The molecule has 0 fully saturated rings. The average Bonchev–Trinajstić information content (AvgIpc) is 2.72. The van der Waals surface area contributed by atoms with Crippen LogP contribution in [0.15, 0.2) is 23.4 Å². The molecular weight excluding hydrogens is 182 g/mol. The molecule has 2 rings (SSSR count). The molecule has 2 aromatic heterocycles. The molecule has 0 amide bonds. The number of hydrogen-bond acceptors (Lipinski definition) is 5. The number of nitrogens with two attached hydrogens (primary N) is 1. The van der Waals surface area contributed by atoms with Gasteiger partial charge in [0.2, 0.25) is 0 Å². The normalized spacial score (nSPS) is 11.2. The second-order valence-electron chi connectivity index (χ2n) is 2.72. The van der Waals surface area contributed by atoms with Crippen molar-refractivity contribution in [2.45, 2.75) is 0 Å². The van der Waals surface area contributed by atoms with Gasteiger partial charge in [0, 0.05) is 13.2 Å². The van der Waals surface area contributed by atoms with Crippen LogP contribution in [0.2, 0.25) is 0 Å². The Kier molecular flexibility index (Phi) is 1.98. The van der Waals surface area contributed by atoms with E-state index in [0.29, 0.717) is 0 Å². The van der Waals surface area contributed by atoms with Crippen LogP contribution in [-0.2, 0) is 7.05 Å². The van der Waals surface area contributed by atoms with E-state index in [9.17, 15) is 0 Å². The maximum atomic E-state index is 5.42. The molecule has 0 spiro atoms. The lowest BCUT2D eigenvalue weighted by atomic mass is 10.5. The molecule has 7 heteroatoms. The van der Waals surface area contributed by atoms with E-state index < -0.39 is 0 Å². The molecule has 14 heavy (non-hydrogen) atoms. The summed E-state index contributed by atoms with van der Waals surface area (Å²) in [5, 5.41) is 14.4. The van der Waals surface area contributed by atoms with E-state index in [-0.39, 0.29) is 5.95 Å². The van der Waals surface area contributed by atoms with Crippen molar-refractivity contribution in [3.63, 3.8) is 0 Å². The van der Waals surface area contributed by atoms with Gasteiger partial charge in [-0.05, 0) is 22.6 Å². The first-order valence-electron chi connectivity index (χ1n) is 3.97. The van der Waals surface area contributed by atoms with Crippen molar-refractivity contribution in [1.29, 1.82) is 0 Å². The third kappa shape index (κ3) is 1.47. The van der Waals surface area contributed by atoms with Gasteiger partial charge in [0.05, 0.1) is 11.9 Å². The molecule has 2 N–H and O–H groups in total. The number of hydrogen-bond donors (Lipinski definition) is 1. The van der Waals surface area contributed by atoms with Gasteiger partial charge in [-0.2, -0.15) is 5.10 Å². The zero-order valence-electron chi connectivity index (χ0n) is 7.57. The Hall–Kier alpha value is -2.18. The monoisotopic (exact) mass is 191 g/mol. The standard InChI is InChI=1S/C7H9N7/c1-13-4-2-3-6(13)5-9-14-7(8)10-11-12-14/h2-5H,1H3,(H2,8,10,12)/b9-5-. The van der Waals surface area contributed by atoms with Crippen molar-refractivity contribution in [3.8, 4) is 0 Å². The number of tetrazole rings is 1. The van der Waals surface area contributed by atoms with Gasteiger partial charge < -0.3 is 10.3 Å². The summed E-state index contributed by atoms with van der Waals surface area (Å²) in [6.07, 6.45) is 3.55. The highest BCUT2D eigenvalue weighted by Gasteiger charge is 1.97. The van der Waals surface area contributed by atoms with Crippen molar-refractivity contribution >= 4 is 12.2 Å². The zero-order chi connectivity index (χ0) is 9.97. The zero-order valence-corrected chi connectivity index (χ0v) is 7.57. The third-order valence-corrected chi connectivity index (χ3v) is 1.76. The Labute approximate surface area is 79.8 Å². The smallest absolute Gasteiger partial charge is 0.263 e. The fraction of sp³-hybridized carbons (Fsp3) is 0.143. The van der Waals surface area contributed by atoms with E-state index in [0.717, 1.165) is 10.5 Å². The number of aryl methyl sites for hydroxylation is 1. The van der Waals surface area contributed by atoms with Gasteiger partial charge in [-0.15, -0.1) is 0 Å². The molecule has 2 heterocycles. The van der Waals surface area contributed by atoms with Crippen molar-refractivity contribution in [2.75, 3.05) is 5.73 Å². The van der Waals surface area contributed by atoms with Gasteiger partial charge >= 0.3 is 0 Å². The van der Waals surface area contributed by atoms with Crippen LogP contribution in [0.25, 0.3) is 0 Å². The van der Waals surface area contributed by atoms with E-state index in [4.69, 9.17) is 5.73 Å². The van der Waals surface area contributed by atoms with E-state index in [1.165, 1.54) is 0 Å². The number of anilines is 1. The van der Waals surface area contributed by atoms with Gasteiger partial charge in [0.15, 0.2) is 0 Å². The van der Waals surface area contributed by atoms with Crippen LogP contribution >= 0.6 is 0 Å². The highest BCUT2D eigenvalue weighted by molar-refractivity contribution is 5.77. The van der Waals surface area contributed by atoms with Gasteiger partial charge in [0.1, 0.15) is 0 Å². The molecule has 2 aromatic rings. The van der Waals surface area contributed by atoms with Crippen molar-refractivity contribution < 1.29 is 0 Å². The summed E-state index contributed by atoms with van der Waals surface area (Å²) in [4.78, 5) is 1.16. The van der Waals surface area contributed by atoms with Crippen LogP contribution in [0.1, 0.15) is 5.69 Å². The van der Waals surface area contributed by atoms with E-state index in [1.54, 1.807) is 6.21 Å². The summed E-state index contributed by atoms with van der Waals surface area (Å²) in [5.41, 5.74) is 6.37. The van der Waals surface area contributed by atoms with Gasteiger partial charge in [-0.3, -0.25) is 0 Å². The molecule has 0 aliphatic heterocycles. The minimum absolute atomic E-state index is 0.162. The number of nitrogens with zero attached hydrogens (tertiary/aromatic N) is 6. The highest BCUT2D eigenvalue weighted by atomic mass is 15.7. The molecule has 0 atom stereocenters. The maximum Gasteiger partial charge on any atom is 0.263 e. The van der Waals surface area contributed by atoms with Crippen molar-refractivity contribution in [2.24, 2.45) is 12.1 Å². The molecule has 7 nitrogen and oxygen atoms in total. The summed E-state index contributed by atoms with van der Waals surface area (Å²) in [5.74, 6) is 0.162. The van der Waals surface area contributed by atoms with Gasteiger partial charge in [0.25, 0.3) is 5.95 Å². The number of aromatic nitrogens is 5. The lowest BCUT2D eigenvalue weighted by molar-refractivity contribution is 0.698. The molecule has 0 aliphatic rings. The molecule has 0 unspecified atom stereocenters. The predicted molar refractivity (Wildman–Crippen MR) is 50.6 cm³/mol. The summed E-state index contributed by atoms with van der Waals surface area (Å²) in [7, 11) is 1.92. The van der Waals surface area contributed by atoms with E-state index in [2.05, 4.69) is 20.6 Å². The van der Waals surface area contributed by atoms with Crippen LogP contribution in [0.5, 0.6) is 0 Å². The third-order valence-electron chi connectivity index (χ3n) is 1.76. The Morgan fingerprint density at radius 1 is 1.57 bits per heavy atom. The quantitative estimate of drug-likeness (QED) is 0.647. The second kappa shape index (κ2) is 3.29. The van der Waals surface area contributed by atoms with Crippen LogP contribution < -0.4 is 5.73 Å². The summed E-state index contributed by atoms with van der Waals surface area (Å²) >= 11 is 0. The molecule has 0 aliphatic carbocycles. The number of rotatable bonds is 2. The average molecular weight is 191 g/mol. The van der Waals surface area contributed by atoms with Crippen LogP contribution in [0.3, 0.4) is 0 Å². The van der Waals surface area contributed by atoms with Crippen molar-refractivity contribution in [1.82, 2.24) is 24.9 Å². The minimum Gasteiger partial charge on any atom is -0.365 e. The first-order chi connectivity index (χ1) is 6.77. The fourth-order valence-electron chi connectivity index (χ4n) is 0.994. The van der Waals surface area contributed by atoms with Crippen LogP contribution in [0.4, 0.5) is 5.95 Å². The topological polar surface area (TPSA) is 86.9 Å². The molecule has 0 saturated carbocycles. The Morgan fingerprint density at radius 2 is 2.43 bits per heavy atom. The summed E-state index contributed by atoms with van der Waals surface area (Å²) < 4.78 is 1.92. The predicted octanol–water partition coefficient (Wildman–Crippen LogP) is -0.524. The molecule has 0 aromatic carbocycles. The summed E-state index contributed by atoms with van der Waals surface area (Å²) in [6.45, 7) is 0. The van der Waals surface area contributed by atoms with Gasteiger partial charge in [-0.1, -0.05) is 9.89 Å². The Morgan fingerprint density at radius 3 is 3.00 bits per heavy atom. The lowest BCUT2D eigenvalue weighted by Gasteiger charge is -1.94. The second-order valence-corrected chi connectivity index (χ2v) is 2.72. The Balaban J connectivity index is 2.23. The fourth-order valence-corrected chi connectivity index (χ4v) is 0.994. The Bertz CT molecular complexity index is 410. The van der Waals surface area contributed by atoms with Gasteiger partial charge in [-0.25, -0.2) is 0 Å². The largest absolute Gasteiger partial charge is 0.365 e. The molecule has 0 radical (unpaired) electrons. The SMILES string of the molecule is Cn1cccc1/C=N\n1nnnc1N. The van der Waals surface area contributed by atoms with Crippen LogP contribution in [0, 0.1) is 0 Å².